The fourth-order valence-electron chi connectivity index (χ4n) is 1.47. The molecule has 1 rings (SSSR count). The molecule has 1 aromatic heterocycles. The lowest BCUT2D eigenvalue weighted by Crippen LogP contribution is -2.11. The number of nitrogens with zero attached hydrogens (tertiary/aromatic N) is 1. The Bertz CT molecular complexity index is 318. The third-order valence-corrected chi connectivity index (χ3v) is 2.87. The lowest BCUT2D eigenvalue weighted by Gasteiger charge is -2.12. The number of nitrogens with two attached hydrogens (primary N) is 1. The van der Waals surface area contributed by atoms with Crippen molar-refractivity contribution in [2.24, 2.45) is 5.73 Å². The fourth-order valence-corrected chi connectivity index (χ4v) is 1.95. The van der Waals surface area contributed by atoms with Crippen molar-refractivity contribution in [2.75, 3.05) is 0 Å². The van der Waals surface area contributed by atoms with E-state index in [-0.39, 0.29) is 18.4 Å². The molecule has 0 amide bonds. The van der Waals surface area contributed by atoms with Crippen LogP contribution in [-0.4, -0.2) is 4.98 Å². The summed E-state index contributed by atoms with van der Waals surface area (Å²) in [5.74, 6) is 0. The molecule has 1 atom stereocenters. The van der Waals surface area contributed by atoms with Gasteiger partial charge in [-0.15, -0.1) is 12.4 Å². The van der Waals surface area contributed by atoms with Gasteiger partial charge in [0.05, 0.1) is 0 Å². The molecule has 0 aromatic carbocycles. The molecular weight excluding hydrogens is 266 g/mol. The van der Waals surface area contributed by atoms with Gasteiger partial charge in [0.15, 0.2) is 0 Å². The normalized spacial score (nSPS) is 12.0. The highest BCUT2D eigenvalue weighted by Gasteiger charge is 2.10. The maximum Gasteiger partial charge on any atom is 0.135 e. The first kappa shape index (κ1) is 16.0. The summed E-state index contributed by atoms with van der Waals surface area (Å²) in [6.45, 7) is 2.17. The predicted molar refractivity (Wildman–Crippen MR) is 72.6 cm³/mol. The Morgan fingerprint density at radius 1 is 1.31 bits per heavy atom. The summed E-state index contributed by atoms with van der Waals surface area (Å²) in [4.78, 5) is 3.97. The zero-order valence-corrected chi connectivity index (χ0v) is 11.6. The molecule has 0 aliphatic heterocycles. The zero-order valence-electron chi connectivity index (χ0n) is 9.25. The van der Waals surface area contributed by atoms with Crippen molar-refractivity contribution in [1.82, 2.24) is 4.98 Å². The van der Waals surface area contributed by atoms with Gasteiger partial charge in [0.1, 0.15) is 10.3 Å². The van der Waals surface area contributed by atoms with E-state index >= 15 is 0 Å². The number of hydrogen-bond acceptors (Lipinski definition) is 2. The number of unbranched alkanes of at least 4 members (excludes halogenated alkanes) is 2. The fraction of sp³-hybridized carbons (Fsp3) is 0.545. The summed E-state index contributed by atoms with van der Waals surface area (Å²) in [5.41, 5.74) is 6.91. The first-order valence-corrected chi connectivity index (χ1v) is 5.98. The lowest BCUT2D eigenvalue weighted by atomic mass is 10.0. The Morgan fingerprint density at radius 3 is 2.56 bits per heavy atom. The van der Waals surface area contributed by atoms with Crippen molar-refractivity contribution in [2.45, 2.75) is 38.6 Å². The van der Waals surface area contributed by atoms with Gasteiger partial charge in [-0.3, -0.25) is 0 Å². The van der Waals surface area contributed by atoms with Crippen LogP contribution >= 0.6 is 35.6 Å². The molecule has 0 radical (unpaired) electrons. The van der Waals surface area contributed by atoms with Crippen molar-refractivity contribution in [3.8, 4) is 0 Å². The second-order valence-electron chi connectivity index (χ2n) is 3.62. The summed E-state index contributed by atoms with van der Waals surface area (Å²) >= 11 is 11.7. The summed E-state index contributed by atoms with van der Waals surface area (Å²) < 4.78 is 0. The summed E-state index contributed by atoms with van der Waals surface area (Å²) in [5, 5.41) is 0.830. The number of aromatic nitrogens is 1. The van der Waals surface area contributed by atoms with Crippen LogP contribution in [0.5, 0.6) is 0 Å². The minimum atomic E-state index is -0.0335. The Balaban J connectivity index is 0.00000225. The molecule has 0 spiro atoms. The highest BCUT2D eigenvalue weighted by Crippen LogP contribution is 2.24. The van der Waals surface area contributed by atoms with Gasteiger partial charge in [0.25, 0.3) is 0 Å². The minimum Gasteiger partial charge on any atom is -0.324 e. The smallest absolute Gasteiger partial charge is 0.135 e. The van der Waals surface area contributed by atoms with Crippen molar-refractivity contribution in [3.05, 3.63) is 28.0 Å². The molecule has 2 N–H and O–H groups in total. The average Bonchev–Trinajstić information content (AvgIpc) is 2.17. The maximum absolute atomic E-state index is 6.02. The molecule has 5 heteroatoms. The zero-order chi connectivity index (χ0) is 11.3. The van der Waals surface area contributed by atoms with E-state index in [9.17, 15) is 0 Å². The summed E-state index contributed by atoms with van der Waals surface area (Å²) in [6.07, 6.45) is 4.46. The monoisotopic (exact) mass is 282 g/mol. The molecule has 0 aliphatic carbocycles. The third-order valence-electron chi connectivity index (χ3n) is 2.36. The van der Waals surface area contributed by atoms with Crippen LogP contribution in [0.25, 0.3) is 0 Å². The number of pyridine rings is 1. The predicted octanol–water partition coefficient (Wildman–Crippen LogP) is 4.39. The van der Waals surface area contributed by atoms with Crippen LogP contribution < -0.4 is 5.73 Å². The average molecular weight is 284 g/mol. The summed E-state index contributed by atoms with van der Waals surface area (Å²) in [6, 6.07) is 3.55. The van der Waals surface area contributed by atoms with Crippen LogP contribution in [0.4, 0.5) is 0 Å². The first-order chi connectivity index (χ1) is 7.15. The van der Waals surface area contributed by atoms with E-state index in [1.807, 2.05) is 6.07 Å². The lowest BCUT2D eigenvalue weighted by molar-refractivity contribution is 0.580. The quantitative estimate of drug-likeness (QED) is 0.643. The van der Waals surface area contributed by atoms with E-state index in [1.165, 1.54) is 12.8 Å². The van der Waals surface area contributed by atoms with Crippen LogP contribution in [0.2, 0.25) is 10.3 Å². The van der Waals surface area contributed by atoms with Gasteiger partial charge < -0.3 is 5.73 Å². The van der Waals surface area contributed by atoms with Crippen molar-refractivity contribution >= 4 is 35.6 Å². The first-order valence-electron chi connectivity index (χ1n) is 5.22. The van der Waals surface area contributed by atoms with E-state index in [1.54, 1.807) is 6.07 Å². The van der Waals surface area contributed by atoms with Crippen LogP contribution in [0.15, 0.2) is 12.1 Å². The highest BCUT2D eigenvalue weighted by atomic mass is 35.5. The minimum absolute atomic E-state index is 0. The van der Waals surface area contributed by atoms with Crippen LogP contribution in [-0.2, 0) is 0 Å². The molecule has 0 bridgehead atoms. The second-order valence-corrected chi connectivity index (χ2v) is 4.36. The molecule has 0 unspecified atom stereocenters. The van der Waals surface area contributed by atoms with Crippen molar-refractivity contribution < 1.29 is 0 Å². The molecule has 0 saturated carbocycles. The molecular formula is C11H17Cl3N2. The Labute approximate surface area is 113 Å². The molecule has 16 heavy (non-hydrogen) atoms. The van der Waals surface area contributed by atoms with Crippen molar-refractivity contribution in [3.63, 3.8) is 0 Å². The molecule has 0 fully saturated rings. The SMILES string of the molecule is CCCCC[C@H](N)c1ccc(Cl)nc1Cl.Cl. The van der Waals surface area contributed by atoms with Crippen LogP contribution in [0, 0.1) is 0 Å². The van der Waals surface area contributed by atoms with Gasteiger partial charge in [-0.05, 0) is 12.5 Å². The highest BCUT2D eigenvalue weighted by molar-refractivity contribution is 6.32. The van der Waals surface area contributed by atoms with E-state index in [0.717, 1.165) is 18.4 Å². The van der Waals surface area contributed by atoms with Gasteiger partial charge in [-0.1, -0.05) is 55.5 Å². The van der Waals surface area contributed by atoms with E-state index in [2.05, 4.69) is 11.9 Å². The van der Waals surface area contributed by atoms with E-state index < -0.39 is 0 Å². The molecule has 92 valence electrons. The van der Waals surface area contributed by atoms with Crippen LogP contribution in [0.1, 0.15) is 44.2 Å². The number of rotatable bonds is 5. The van der Waals surface area contributed by atoms with Gasteiger partial charge in [0.2, 0.25) is 0 Å². The van der Waals surface area contributed by atoms with Crippen LogP contribution in [0.3, 0.4) is 0 Å². The topological polar surface area (TPSA) is 38.9 Å². The molecule has 0 saturated heterocycles. The molecule has 1 heterocycles. The number of hydrogen-bond donors (Lipinski definition) is 1. The van der Waals surface area contributed by atoms with Gasteiger partial charge in [0, 0.05) is 11.6 Å². The second kappa shape index (κ2) is 8.13. The van der Waals surface area contributed by atoms with Gasteiger partial charge >= 0.3 is 0 Å². The Morgan fingerprint density at radius 2 is 2.00 bits per heavy atom. The molecule has 0 aliphatic rings. The van der Waals surface area contributed by atoms with Gasteiger partial charge in [-0.25, -0.2) is 4.98 Å². The van der Waals surface area contributed by atoms with E-state index in [0.29, 0.717) is 10.3 Å². The standard InChI is InChI=1S/C11H16Cl2N2.ClH/c1-2-3-4-5-9(14)8-6-7-10(12)15-11(8)13;/h6-7,9H,2-5,14H2,1H3;1H/t9-;/m0./s1. The Kier molecular flexibility index (Phi) is 8.12. The number of halogens is 3. The van der Waals surface area contributed by atoms with E-state index in [4.69, 9.17) is 28.9 Å². The third kappa shape index (κ3) is 4.88. The Hall–Kier alpha value is -0.0200. The summed E-state index contributed by atoms with van der Waals surface area (Å²) in [7, 11) is 0. The largest absolute Gasteiger partial charge is 0.324 e. The molecule has 2 nitrogen and oxygen atoms in total. The van der Waals surface area contributed by atoms with Gasteiger partial charge in [-0.2, -0.15) is 0 Å². The molecule has 1 aromatic rings. The van der Waals surface area contributed by atoms with Crippen molar-refractivity contribution in [1.29, 1.82) is 0 Å². The maximum atomic E-state index is 6.02.